The molecule has 2 aromatic rings. The van der Waals surface area contributed by atoms with Gasteiger partial charge in [-0.2, -0.15) is 0 Å². The Hall–Kier alpha value is -2.36. The van der Waals surface area contributed by atoms with E-state index in [-0.39, 0.29) is 6.79 Å². The van der Waals surface area contributed by atoms with Crippen molar-refractivity contribution in [1.82, 2.24) is 0 Å². The zero-order valence-electron chi connectivity index (χ0n) is 21.7. The molecule has 0 aromatic heterocycles. The molecule has 0 bridgehead atoms. The summed E-state index contributed by atoms with van der Waals surface area (Å²) in [6.45, 7) is 13.8. The molecule has 0 aliphatic rings. The summed E-state index contributed by atoms with van der Waals surface area (Å²) < 4.78 is 11.6. The summed E-state index contributed by atoms with van der Waals surface area (Å²) in [4.78, 5) is 0. The Morgan fingerprint density at radius 2 is 0.939 bits per heavy atom. The first-order valence-corrected chi connectivity index (χ1v) is 13.0. The van der Waals surface area contributed by atoms with Crippen LogP contribution in [0.5, 0.6) is 11.5 Å². The second-order valence-corrected chi connectivity index (χ2v) is 9.45. The number of ether oxygens (including phenoxy) is 2. The summed E-state index contributed by atoms with van der Waals surface area (Å²) in [7, 11) is 0. The largest absolute Gasteiger partial charge is 0.458 e. The third-order valence-electron chi connectivity index (χ3n) is 6.65. The lowest BCUT2D eigenvalue weighted by Crippen LogP contribution is -2.21. The van der Waals surface area contributed by atoms with Gasteiger partial charge in [-0.25, -0.2) is 0 Å². The second-order valence-electron chi connectivity index (χ2n) is 9.45. The van der Waals surface area contributed by atoms with Crippen LogP contribution in [-0.4, -0.2) is 18.9 Å². The van der Waals surface area contributed by atoms with Crippen molar-refractivity contribution in [2.45, 2.75) is 92.2 Å². The number of hydrogen-bond donors (Lipinski definition) is 2. The molecule has 4 heteroatoms. The monoisotopic (exact) mass is 454 g/mol. The van der Waals surface area contributed by atoms with Crippen molar-refractivity contribution in [3.05, 3.63) is 48.5 Å². The summed E-state index contributed by atoms with van der Waals surface area (Å²) >= 11 is 0. The van der Waals surface area contributed by atoms with Gasteiger partial charge in [0.15, 0.2) is 0 Å². The highest BCUT2D eigenvalue weighted by Crippen LogP contribution is 2.22. The minimum atomic E-state index is 0.191. The lowest BCUT2D eigenvalue weighted by molar-refractivity contribution is 0.120. The van der Waals surface area contributed by atoms with Crippen molar-refractivity contribution in [3.63, 3.8) is 0 Å². The highest BCUT2D eigenvalue weighted by molar-refractivity contribution is 5.48. The Morgan fingerprint density at radius 3 is 1.24 bits per heavy atom. The molecule has 4 nitrogen and oxygen atoms in total. The van der Waals surface area contributed by atoms with Crippen LogP contribution in [0.1, 0.15) is 80.1 Å². The van der Waals surface area contributed by atoms with Crippen LogP contribution < -0.4 is 20.1 Å². The molecule has 0 radical (unpaired) electrons. The van der Waals surface area contributed by atoms with Gasteiger partial charge in [0.05, 0.1) is 0 Å². The summed E-state index contributed by atoms with van der Waals surface area (Å²) in [5.41, 5.74) is 2.28. The Labute approximate surface area is 202 Å². The van der Waals surface area contributed by atoms with Gasteiger partial charge in [0, 0.05) is 23.5 Å². The quantitative estimate of drug-likeness (QED) is 0.250. The lowest BCUT2D eigenvalue weighted by Gasteiger charge is -2.21. The molecule has 0 spiro atoms. The second kappa shape index (κ2) is 14.7. The molecule has 184 valence electrons. The Kier molecular flexibility index (Phi) is 12.0. The van der Waals surface area contributed by atoms with E-state index in [2.05, 4.69) is 76.4 Å². The Bertz CT molecular complexity index is 695. The van der Waals surface area contributed by atoms with E-state index in [9.17, 15) is 0 Å². The zero-order chi connectivity index (χ0) is 24.1. The normalized spacial score (nSPS) is 14.7. The summed E-state index contributed by atoms with van der Waals surface area (Å²) in [5.74, 6) is 3.10. The van der Waals surface area contributed by atoms with Gasteiger partial charge in [-0.15, -0.1) is 0 Å². The highest BCUT2D eigenvalue weighted by atomic mass is 16.7. The van der Waals surface area contributed by atoms with Crippen LogP contribution in [0.4, 0.5) is 11.4 Å². The fourth-order valence-electron chi connectivity index (χ4n) is 3.89. The molecule has 0 saturated heterocycles. The minimum Gasteiger partial charge on any atom is -0.458 e. The van der Waals surface area contributed by atoms with Crippen molar-refractivity contribution >= 4 is 11.4 Å². The van der Waals surface area contributed by atoms with Crippen molar-refractivity contribution in [1.29, 1.82) is 0 Å². The molecule has 0 amide bonds. The maximum absolute atomic E-state index is 5.78. The average molecular weight is 455 g/mol. The predicted molar refractivity (Wildman–Crippen MR) is 143 cm³/mol. The van der Waals surface area contributed by atoms with Gasteiger partial charge in [-0.1, -0.05) is 54.4 Å². The van der Waals surface area contributed by atoms with Gasteiger partial charge in [-0.05, 0) is 86.1 Å². The van der Waals surface area contributed by atoms with E-state index in [4.69, 9.17) is 9.47 Å². The molecular formula is C29H46N2O2. The first-order chi connectivity index (χ1) is 16.0. The smallest absolute Gasteiger partial charge is 0.230 e. The van der Waals surface area contributed by atoms with Gasteiger partial charge < -0.3 is 20.1 Å². The molecule has 2 rings (SSSR count). The molecule has 33 heavy (non-hydrogen) atoms. The van der Waals surface area contributed by atoms with E-state index >= 15 is 0 Å². The van der Waals surface area contributed by atoms with E-state index in [1.165, 1.54) is 25.7 Å². The lowest BCUT2D eigenvalue weighted by atomic mass is 9.97. The van der Waals surface area contributed by atoms with Gasteiger partial charge in [0.1, 0.15) is 11.5 Å². The molecule has 0 aliphatic carbocycles. The van der Waals surface area contributed by atoms with Crippen LogP contribution in [-0.2, 0) is 0 Å². The van der Waals surface area contributed by atoms with E-state index in [1.54, 1.807) is 0 Å². The average Bonchev–Trinajstić information content (AvgIpc) is 2.84. The van der Waals surface area contributed by atoms with Gasteiger partial charge in [0.2, 0.25) is 6.79 Å². The number of anilines is 2. The molecule has 2 N–H and O–H groups in total. The third-order valence-corrected chi connectivity index (χ3v) is 6.65. The molecule has 0 aliphatic heterocycles. The molecular weight excluding hydrogens is 408 g/mol. The van der Waals surface area contributed by atoms with Crippen molar-refractivity contribution < 1.29 is 9.47 Å². The van der Waals surface area contributed by atoms with Crippen LogP contribution in [0.15, 0.2) is 48.5 Å². The maximum Gasteiger partial charge on any atom is 0.230 e. The number of hydrogen-bond acceptors (Lipinski definition) is 4. The van der Waals surface area contributed by atoms with Crippen molar-refractivity contribution in [3.8, 4) is 11.5 Å². The van der Waals surface area contributed by atoms with Gasteiger partial charge in [0.25, 0.3) is 0 Å². The van der Waals surface area contributed by atoms with Crippen molar-refractivity contribution in [2.24, 2.45) is 11.8 Å². The third kappa shape index (κ3) is 9.98. The van der Waals surface area contributed by atoms with Crippen LogP contribution in [0.25, 0.3) is 0 Å². The van der Waals surface area contributed by atoms with E-state index in [0.29, 0.717) is 12.1 Å². The maximum atomic E-state index is 5.78. The fraction of sp³-hybridized carbons (Fsp3) is 0.586. The van der Waals surface area contributed by atoms with E-state index < -0.39 is 0 Å². The number of rotatable bonds is 16. The van der Waals surface area contributed by atoms with Gasteiger partial charge in [-0.3, -0.25) is 0 Å². The number of nitrogens with one attached hydrogen (secondary N) is 2. The summed E-state index contributed by atoms with van der Waals surface area (Å²) in [6.07, 6.45) is 7.10. The fourth-order valence-corrected chi connectivity index (χ4v) is 3.89. The minimum absolute atomic E-state index is 0.191. The Morgan fingerprint density at radius 1 is 0.576 bits per heavy atom. The van der Waals surface area contributed by atoms with E-state index in [1.807, 2.05) is 24.3 Å². The van der Waals surface area contributed by atoms with Gasteiger partial charge >= 0.3 is 0 Å². The van der Waals surface area contributed by atoms with Crippen molar-refractivity contribution in [2.75, 3.05) is 17.4 Å². The molecule has 4 atom stereocenters. The predicted octanol–water partition coefficient (Wildman–Crippen LogP) is 8.36. The zero-order valence-corrected chi connectivity index (χ0v) is 21.7. The topological polar surface area (TPSA) is 42.5 Å². The molecule has 0 saturated carbocycles. The SMILES string of the molecule is CCC(C)CC(CC)Nc1ccc(OCOc2ccc(NC(CC)CC(C)CC)cc2)cc1. The molecule has 2 aromatic carbocycles. The standard InChI is InChI=1S/C29H46N2O2/c1-7-22(5)19-24(9-3)30-26-11-15-28(16-12-26)32-21-33-29-17-13-27(14-18-29)31-25(10-4)20-23(6)8-2/h11-18,22-25,30-31H,7-10,19-21H2,1-6H3. The van der Waals surface area contributed by atoms with Crippen LogP contribution in [0, 0.1) is 11.8 Å². The van der Waals surface area contributed by atoms with E-state index in [0.717, 1.165) is 47.6 Å². The summed E-state index contributed by atoms with van der Waals surface area (Å²) in [6, 6.07) is 17.3. The Balaban J connectivity index is 1.77. The first kappa shape index (κ1) is 26.9. The first-order valence-electron chi connectivity index (χ1n) is 13.0. The number of benzene rings is 2. The van der Waals surface area contributed by atoms with Crippen LogP contribution >= 0.6 is 0 Å². The van der Waals surface area contributed by atoms with Crippen LogP contribution in [0.3, 0.4) is 0 Å². The molecule has 0 fully saturated rings. The summed E-state index contributed by atoms with van der Waals surface area (Å²) in [5, 5.41) is 7.29. The molecule has 4 unspecified atom stereocenters. The van der Waals surface area contributed by atoms with Crippen LogP contribution in [0.2, 0.25) is 0 Å². The highest BCUT2D eigenvalue weighted by Gasteiger charge is 2.11. The molecule has 0 heterocycles.